The molecule has 2 atom stereocenters. The Kier molecular flexibility index (Phi) is 5.00. The zero-order valence-corrected chi connectivity index (χ0v) is 13.7. The molecule has 3 rings (SSSR count). The largest absolute Gasteiger partial charge is 0.388 e. The molecule has 0 saturated heterocycles. The van der Waals surface area contributed by atoms with Gasteiger partial charge in [-0.2, -0.15) is 0 Å². The number of fused-ring (bicyclic) bond motifs is 1. The van der Waals surface area contributed by atoms with Gasteiger partial charge in [0.1, 0.15) is 5.82 Å². The second kappa shape index (κ2) is 7.17. The van der Waals surface area contributed by atoms with Crippen LogP contribution in [-0.2, 0) is 6.54 Å². The Balaban J connectivity index is 1.54. The van der Waals surface area contributed by atoms with Gasteiger partial charge >= 0.3 is 0 Å². The molecule has 0 amide bonds. The molecule has 2 N–H and O–H groups in total. The molecule has 0 fully saturated rings. The lowest BCUT2D eigenvalue weighted by molar-refractivity contribution is 0.153. The van der Waals surface area contributed by atoms with Gasteiger partial charge in [-0.3, -0.25) is 4.98 Å². The topological polar surface area (TPSA) is 45.1 Å². The molecule has 0 aliphatic heterocycles. The van der Waals surface area contributed by atoms with Crippen molar-refractivity contribution < 1.29 is 9.50 Å². The van der Waals surface area contributed by atoms with Gasteiger partial charge in [0.15, 0.2) is 0 Å². The van der Waals surface area contributed by atoms with Crippen molar-refractivity contribution in [1.29, 1.82) is 0 Å². The number of aliphatic hydroxyl groups is 1. The van der Waals surface area contributed by atoms with Crippen LogP contribution in [0.4, 0.5) is 4.39 Å². The van der Waals surface area contributed by atoms with Crippen LogP contribution in [0.2, 0.25) is 0 Å². The predicted molar refractivity (Wildman–Crippen MR) is 91.9 cm³/mol. The van der Waals surface area contributed by atoms with E-state index in [9.17, 15) is 9.50 Å². The SMILES string of the molecule is CC(CC(O)c1ccc(F)cc1)NCc1cnc2ccsc2c1. The van der Waals surface area contributed by atoms with E-state index < -0.39 is 6.10 Å². The molecule has 0 spiro atoms. The summed E-state index contributed by atoms with van der Waals surface area (Å²) in [7, 11) is 0. The van der Waals surface area contributed by atoms with Crippen LogP contribution in [-0.4, -0.2) is 16.1 Å². The summed E-state index contributed by atoms with van der Waals surface area (Å²) >= 11 is 1.68. The quantitative estimate of drug-likeness (QED) is 0.717. The summed E-state index contributed by atoms with van der Waals surface area (Å²) in [4.78, 5) is 4.42. The summed E-state index contributed by atoms with van der Waals surface area (Å²) in [6, 6.07) is 10.3. The van der Waals surface area contributed by atoms with Crippen molar-refractivity contribution in [3.63, 3.8) is 0 Å². The molecule has 3 nitrogen and oxygen atoms in total. The van der Waals surface area contributed by atoms with Crippen LogP contribution in [0, 0.1) is 5.82 Å². The first kappa shape index (κ1) is 16.1. The van der Waals surface area contributed by atoms with Gasteiger partial charge in [0, 0.05) is 18.8 Å². The Morgan fingerprint density at radius 2 is 2.04 bits per heavy atom. The highest BCUT2D eigenvalue weighted by atomic mass is 32.1. The number of aromatic nitrogens is 1. The van der Waals surface area contributed by atoms with Gasteiger partial charge in [0.2, 0.25) is 0 Å². The molecule has 5 heteroatoms. The number of hydrogen-bond acceptors (Lipinski definition) is 4. The third kappa shape index (κ3) is 4.13. The Morgan fingerprint density at radius 3 is 2.83 bits per heavy atom. The van der Waals surface area contributed by atoms with E-state index in [1.54, 1.807) is 23.5 Å². The van der Waals surface area contributed by atoms with Gasteiger partial charge in [-0.1, -0.05) is 12.1 Å². The van der Waals surface area contributed by atoms with Gasteiger partial charge in [0.25, 0.3) is 0 Å². The first-order chi connectivity index (χ1) is 11.1. The lowest BCUT2D eigenvalue weighted by Crippen LogP contribution is -2.27. The highest BCUT2D eigenvalue weighted by Crippen LogP contribution is 2.21. The van der Waals surface area contributed by atoms with Crippen molar-refractivity contribution in [3.05, 3.63) is 64.9 Å². The van der Waals surface area contributed by atoms with Crippen molar-refractivity contribution in [2.45, 2.75) is 32.0 Å². The second-order valence-corrected chi connectivity index (χ2v) is 6.68. The van der Waals surface area contributed by atoms with Gasteiger partial charge in [-0.15, -0.1) is 11.3 Å². The molecule has 2 aromatic heterocycles. The zero-order chi connectivity index (χ0) is 16.2. The minimum Gasteiger partial charge on any atom is -0.388 e. The Labute approximate surface area is 138 Å². The number of rotatable bonds is 6. The Hall–Kier alpha value is -1.82. The lowest BCUT2D eigenvalue weighted by atomic mass is 10.0. The van der Waals surface area contributed by atoms with Gasteiger partial charge in [0.05, 0.1) is 16.3 Å². The minimum atomic E-state index is -0.601. The molecular weight excluding hydrogens is 311 g/mol. The fraction of sp³-hybridized carbons (Fsp3) is 0.278. The first-order valence-electron chi connectivity index (χ1n) is 7.61. The van der Waals surface area contributed by atoms with Crippen molar-refractivity contribution in [1.82, 2.24) is 10.3 Å². The smallest absolute Gasteiger partial charge is 0.123 e. The number of nitrogens with zero attached hydrogens (tertiary/aromatic N) is 1. The zero-order valence-electron chi connectivity index (χ0n) is 12.9. The summed E-state index contributed by atoms with van der Waals surface area (Å²) in [5.41, 5.74) is 2.89. The molecular formula is C18H19FN2OS. The highest BCUT2D eigenvalue weighted by molar-refractivity contribution is 7.17. The summed E-state index contributed by atoms with van der Waals surface area (Å²) < 4.78 is 14.1. The van der Waals surface area contributed by atoms with Gasteiger partial charge < -0.3 is 10.4 Å². The van der Waals surface area contributed by atoms with Crippen molar-refractivity contribution >= 4 is 21.6 Å². The number of thiophene rings is 1. The molecule has 2 heterocycles. The van der Waals surface area contributed by atoms with Crippen LogP contribution >= 0.6 is 11.3 Å². The number of aliphatic hydroxyl groups excluding tert-OH is 1. The van der Waals surface area contributed by atoms with Gasteiger partial charge in [-0.05, 0) is 54.1 Å². The molecule has 0 radical (unpaired) electrons. The third-order valence-corrected chi connectivity index (χ3v) is 4.70. The number of halogens is 1. The highest BCUT2D eigenvalue weighted by Gasteiger charge is 2.12. The van der Waals surface area contributed by atoms with Crippen LogP contribution in [0.1, 0.15) is 30.6 Å². The van der Waals surface area contributed by atoms with E-state index in [2.05, 4.69) is 16.4 Å². The molecule has 0 bridgehead atoms. The minimum absolute atomic E-state index is 0.133. The first-order valence-corrected chi connectivity index (χ1v) is 8.49. The molecule has 0 aliphatic rings. The molecule has 120 valence electrons. The molecule has 3 aromatic rings. The molecule has 0 saturated carbocycles. The Morgan fingerprint density at radius 1 is 1.26 bits per heavy atom. The maximum Gasteiger partial charge on any atom is 0.123 e. The Bertz CT molecular complexity index is 772. The molecule has 23 heavy (non-hydrogen) atoms. The number of nitrogens with one attached hydrogen (secondary N) is 1. The maximum atomic E-state index is 12.9. The van der Waals surface area contributed by atoms with E-state index in [0.717, 1.165) is 16.6 Å². The normalized spacial score (nSPS) is 14.0. The van der Waals surface area contributed by atoms with E-state index in [4.69, 9.17) is 0 Å². The van der Waals surface area contributed by atoms with Crippen LogP contribution in [0.15, 0.2) is 48.0 Å². The molecule has 1 aromatic carbocycles. The van der Waals surface area contributed by atoms with E-state index >= 15 is 0 Å². The average molecular weight is 330 g/mol. The molecule has 2 unspecified atom stereocenters. The monoisotopic (exact) mass is 330 g/mol. The van der Waals surface area contributed by atoms with Crippen molar-refractivity contribution in [2.75, 3.05) is 0 Å². The number of benzene rings is 1. The summed E-state index contributed by atoms with van der Waals surface area (Å²) in [6.07, 6.45) is 1.85. The van der Waals surface area contributed by atoms with E-state index in [0.29, 0.717) is 13.0 Å². The fourth-order valence-corrected chi connectivity index (χ4v) is 3.32. The second-order valence-electron chi connectivity index (χ2n) is 5.73. The van der Waals surface area contributed by atoms with E-state index in [1.807, 2.05) is 24.6 Å². The van der Waals surface area contributed by atoms with Crippen LogP contribution in [0.3, 0.4) is 0 Å². The summed E-state index contributed by atoms with van der Waals surface area (Å²) in [6.45, 7) is 2.74. The van der Waals surface area contributed by atoms with Crippen LogP contribution in [0.5, 0.6) is 0 Å². The fourth-order valence-electron chi connectivity index (χ4n) is 2.51. The van der Waals surface area contributed by atoms with Gasteiger partial charge in [-0.25, -0.2) is 4.39 Å². The lowest BCUT2D eigenvalue weighted by Gasteiger charge is -2.18. The van der Waals surface area contributed by atoms with Crippen LogP contribution < -0.4 is 5.32 Å². The van der Waals surface area contributed by atoms with Crippen molar-refractivity contribution in [3.8, 4) is 0 Å². The van der Waals surface area contributed by atoms with E-state index in [-0.39, 0.29) is 11.9 Å². The summed E-state index contributed by atoms with van der Waals surface area (Å²) in [5, 5.41) is 15.7. The molecule has 0 aliphatic carbocycles. The summed E-state index contributed by atoms with van der Waals surface area (Å²) in [5.74, 6) is -0.288. The number of hydrogen-bond donors (Lipinski definition) is 2. The number of pyridine rings is 1. The van der Waals surface area contributed by atoms with E-state index in [1.165, 1.54) is 16.8 Å². The average Bonchev–Trinajstić information content (AvgIpc) is 3.01. The predicted octanol–water partition coefficient (Wildman–Crippen LogP) is 4.04. The maximum absolute atomic E-state index is 12.9. The van der Waals surface area contributed by atoms with Crippen molar-refractivity contribution in [2.24, 2.45) is 0 Å². The van der Waals surface area contributed by atoms with Crippen LogP contribution in [0.25, 0.3) is 10.2 Å². The third-order valence-electron chi connectivity index (χ3n) is 3.85. The standard InChI is InChI=1S/C18H19FN2OS/c1-12(8-17(22)14-2-4-15(19)5-3-14)20-10-13-9-18-16(21-11-13)6-7-23-18/h2-7,9,11-12,17,20,22H,8,10H2,1H3.